The number of alkyl carbamates (subject to hydrolysis) is 1. The third-order valence-electron chi connectivity index (χ3n) is 5.96. The summed E-state index contributed by atoms with van der Waals surface area (Å²) >= 11 is 0. The fourth-order valence-electron chi connectivity index (χ4n) is 3.60. The maximum absolute atomic E-state index is 12.8. The molecular weight excluding hydrogens is 550 g/mol. The Morgan fingerprint density at radius 3 is 2.05 bits per heavy atom. The van der Waals surface area contributed by atoms with Crippen molar-refractivity contribution in [1.29, 1.82) is 0 Å². The molecule has 4 atom stereocenters. The van der Waals surface area contributed by atoms with Gasteiger partial charge in [-0.05, 0) is 25.0 Å². The second-order valence-corrected chi connectivity index (χ2v) is 9.41. The van der Waals surface area contributed by atoms with Crippen LogP contribution in [-0.4, -0.2) is 78.1 Å². The minimum Gasteiger partial charge on any atom is -0.463 e. The summed E-state index contributed by atoms with van der Waals surface area (Å²) in [7, 11) is 0. The lowest BCUT2D eigenvalue weighted by molar-refractivity contribution is -0.146. The molecule has 2 aromatic rings. The van der Waals surface area contributed by atoms with Gasteiger partial charge in [-0.3, -0.25) is 24.6 Å². The molecule has 14 nitrogen and oxygen atoms in total. The molecule has 42 heavy (non-hydrogen) atoms. The highest BCUT2D eigenvalue weighted by Crippen LogP contribution is 2.25. The summed E-state index contributed by atoms with van der Waals surface area (Å²) < 4.78 is 15.4. The second-order valence-electron chi connectivity index (χ2n) is 9.41. The van der Waals surface area contributed by atoms with E-state index >= 15 is 0 Å². The van der Waals surface area contributed by atoms with E-state index in [-0.39, 0.29) is 13.2 Å². The van der Waals surface area contributed by atoms with E-state index in [2.05, 4.69) is 16.1 Å². The second kappa shape index (κ2) is 15.1. The van der Waals surface area contributed by atoms with E-state index < -0.39 is 66.5 Å². The van der Waals surface area contributed by atoms with Gasteiger partial charge in [0.2, 0.25) is 11.8 Å². The van der Waals surface area contributed by atoms with Gasteiger partial charge in [0.05, 0.1) is 6.61 Å². The molecule has 224 valence electrons. The van der Waals surface area contributed by atoms with E-state index in [0.29, 0.717) is 11.4 Å². The zero-order chi connectivity index (χ0) is 30.6. The number of hydrazine groups is 1. The summed E-state index contributed by atoms with van der Waals surface area (Å²) in [4.78, 5) is 73.9. The van der Waals surface area contributed by atoms with E-state index in [4.69, 9.17) is 19.9 Å². The zero-order valence-corrected chi connectivity index (χ0v) is 23.1. The third-order valence-corrected chi connectivity index (χ3v) is 5.96. The molecule has 1 aliphatic heterocycles. The molecule has 2 aromatic carbocycles. The van der Waals surface area contributed by atoms with Crippen molar-refractivity contribution in [3.05, 3.63) is 71.8 Å². The van der Waals surface area contributed by atoms with Gasteiger partial charge in [-0.15, -0.1) is 0 Å². The number of nitrogens with one attached hydrogen (secondary N) is 3. The fourth-order valence-corrected chi connectivity index (χ4v) is 3.60. The molecule has 0 unspecified atom stereocenters. The first-order chi connectivity index (χ1) is 20.0. The minimum atomic E-state index is -1.29. The van der Waals surface area contributed by atoms with Crippen LogP contribution in [0.15, 0.2) is 60.7 Å². The van der Waals surface area contributed by atoms with E-state index in [1.807, 2.05) is 36.4 Å². The van der Waals surface area contributed by atoms with Crippen LogP contribution in [0.4, 0.5) is 4.79 Å². The van der Waals surface area contributed by atoms with Crippen molar-refractivity contribution in [2.45, 2.75) is 51.2 Å². The quantitative estimate of drug-likeness (QED) is 0.139. The standard InChI is InChI=1S/C28H33N5O9/c1-17(31-28(39)41-16-20-11-7-4-8-12-20)24(35)30-18(2)25(36)32-33(15-21(29)34)26(37)22-23(42-22)27(38)40-14-13-19-9-5-3-6-10-19/h3-12,17-18,22-23H,13-16H2,1-2H3,(H2,29,34)(H,30,35)(H,31,39)(H,32,36)/t17-,18-,22-,23-/m0/s1. The SMILES string of the molecule is C[C@H](NC(=O)OCc1ccccc1)C(=O)N[C@@H](C)C(=O)NN(CC(N)=O)C(=O)[C@H]1O[C@@H]1C(=O)OCCc1ccccc1. The number of ether oxygens (including phenoxy) is 3. The van der Waals surface area contributed by atoms with Gasteiger partial charge < -0.3 is 30.6 Å². The molecule has 1 heterocycles. The molecule has 14 heteroatoms. The van der Waals surface area contributed by atoms with Crippen molar-refractivity contribution >= 4 is 35.7 Å². The number of epoxide rings is 1. The molecule has 0 spiro atoms. The van der Waals surface area contributed by atoms with Gasteiger partial charge in [0.25, 0.3) is 11.8 Å². The van der Waals surface area contributed by atoms with Crippen LogP contribution in [0.2, 0.25) is 0 Å². The number of nitrogens with zero attached hydrogens (tertiary/aromatic N) is 1. The molecule has 0 aromatic heterocycles. The summed E-state index contributed by atoms with van der Waals surface area (Å²) in [6, 6.07) is 16.0. The predicted molar refractivity (Wildman–Crippen MR) is 146 cm³/mol. The maximum Gasteiger partial charge on any atom is 0.408 e. The van der Waals surface area contributed by atoms with Crippen LogP contribution in [0.25, 0.3) is 0 Å². The van der Waals surface area contributed by atoms with Gasteiger partial charge in [-0.2, -0.15) is 0 Å². The normalized spacial score (nSPS) is 16.6. The topological polar surface area (TPSA) is 199 Å². The Labute approximate surface area is 241 Å². The van der Waals surface area contributed by atoms with Gasteiger partial charge in [0.15, 0.2) is 12.2 Å². The van der Waals surface area contributed by atoms with Crippen LogP contribution in [0.5, 0.6) is 0 Å². The van der Waals surface area contributed by atoms with Crippen molar-refractivity contribution in [3.8, 4) is 0 Å². The highest BCUT2D eigenvalue weighted by Gasteiger charge is 2.53. The minimum absolute atomic E-state index is 0.000518. The first-order valence-corrected chi connectivity index (χ1v) is 13.1. The molecule has 0 radical (unpaired) electrons. The van der Waals surface area contributed by atoms with E-state index in [1.54, 1.807) is 24.3 Å². The highest BCUT2D eigenvalue weighted by molar-refractivity contribution is 5.96. The average molecular weight is 584 g/mol. The molecular formula is C28H33N5O9. The number of nitrogens with two attached hydrogens (primary N) is 1. The Bertz CT molecular complexity index is 1280. The lowest BCUT2D eigenvalue weighted by Crippen LogP contribution is -2.57. The molecule has 1 fully saturated rings. The maximum atomic E-state index is 12.8. The molecule has 5 amide bonds. The third kappa shape index (κ3) is 9.89. The number of benzene rings is 2. The van der Waals surface area contributed by atoms with Crippen LogP contribution >= 0.6 is 0 Å². The summed E-state index contributed by atoms with van der Waals surface area (Å²) in [5.74, 6) is -4.21. The molecule has 3 rings (SSSR count). The largest absolute Gasteiger partial charge is 0.463 e. The van der Waals surface area contributed by atoms with Crippen LogP contribution in [0, 0.1) is 0 Å². The van der Waals surface area contributed by atoms with Crippen molar-refractivity contribution in [2.24, 2.45) is 5.73 Å². The van der Waals surface area contributed by atoms with Crippen molar-refractivity contribution in [1.82, 2.24) is 21.1 Å². The Hall–Kier alpha value is -4.98. The van der Waals surface area contributed by atoms with Gasteiger partial charge in [0.1, 0.15) is 25.2 Å². The van der Waals surface area contributed by atoms with Crippen LogP contribution < -0.4 is 21.8 Å². The summed E-state index contributed by atoms with van der Waals surface area (Å²) in [6.45, 7) is 2.06. The molecule has 5 N–H and O–H groups in total. The number of rotatable bonds is 13. The number of primary amides is 1. The van der Waals surface area contributed by atoms with Crippen molar-refractivity contribution in [2.75, 3.05) is 13.2 Å². The zero-order valence-electron chi connectivity index (χ0n) is 23.1. The molecule has 1 aliphatic rings. The van der Waals surface area contributed by atoms with Gasteiger partial charge in [0, 0.05) is 6.42 Å². The average Bonchev–Trinajstić information content (AvgIpc) is 3.77. The first kappa shape index (κ1) is 31.5. The predicted octanol–water partition coefficient (Wildman–Crippen LogP) is -0.296. The summed E-state index contributed by atoms with van der Waals surface area (Å²) in [5.41, 5.74) is 9.13. The van der Waals surface area contributed by atoms with E-state index in [1.165, 1.54) is 13.8 Å². The Morgan fingerprint density at radius 1 is 0.833 bits per heavy atom. The Morgan fingerprint density at radius 2 is 1.43 bits per heavy atom. The number of amides is 5. The number of carbonyl (C=O) groups excluding carboxylic acids is 6. The number of esters is 1. The van der Waals surface area contributed by atoms with E-state index in [0.717, 1.165) is 11.1 Å². The smallest absolute Gasteiger partial charge is 0.408 e. The molecule has 0 aliphatic carbocycles. The lowest BCUT2D eigenvalue weighted by Gasteiger charge is -2.24. The van der Waals surface area contributed by atoms with E-state index in [9.17, 15) is 28.8 Å². The number of carbonyl (C=O) groups is 6. The van der Waals surface area contributed by atoms with Gasteiger partial charge in [-0.1, -0.05) is 60.7 Å². The van der Waals surface area contributed by atoms with Crippen LogP contribution in [0.3, 0.4) is 0 Å². The lowest BCUT2D eigenvalue weighted by atomic mass is 10.2. The highest BCUT2D eigenvalue weighted by atomic mass is 16.6. The molecule has 1 saturated heterocycles. The van der Waals surface area contributed by atoms with Gasteiger partial charge >= 0.3 is 12.1 Å². The monoisotopic (exact) mass is 583 g/mol. The first-order valence-electron chi connectivity index (χ1n) is 13.1. The summed E-state index contributed by atoms with van der Waals surface area (Å²) in [5, 5.41) is 5.34. The summed E-state index contributed by atoms with van der Waals surface area (Å²) in [6.07, 6.45) is -2.86. The number of hydrogen-bond donors (Lipinski definition) is 4. The van der Waals surface area contributed by atoms with Crippen LogP contribution in [0.1, 0.15) is 25.0 Å². The van der Waals surface area contributed by atoms with Crippen LogP contribution in [-0.2, 0) is 51.2 Å². The molecule has 0 saturated carbocycles. The van der Waals surface area contributed by atoms with Crippen molar-refractivity contribution in [3.63, 3.8) is 0 Å². The Balaban J connectivity index is 1.44. The number of hydrogen-bond acceptors (Lipinski definition) is 9. The van der Waals surface area contributed by atoms with Crippen molar-refractivity contribution < 1.29 is 43.0 Å². The van der Waals surface area contributed by atoms with Gasteiger partial charge in [-0.25, -0.2) is 14.6 Å². The molecule has 0 bridgehead atoms. The Kier molecular flexibility index (Phi) is 11.4. The fraction of sp³-hybridized carbons (Fsp3) is 0.357.